The number of hydrogen-bond donors (Lipinski definition) is 2. The minimum Gasteiger partial charge on any atom is -0.360 e. The van der Waals surface area contributed by atoms with Crippen molar-refractivity contribution < 1.29 is 14.1 Å². The average molecular weight is 422 g/mol. The van der Waals surface area contributed by atoms with Gasteiger partial charge in [-0.2, -0.15) is 0 Å². The summed E-state index contributed by atoms with van der Waals surface area (Å²) in [5.74, 6) is 1.38. The second-order valence-corrected chi connectivity index (χ2v) is 9.46. The van der Waals surface area contributed by atoms with Crippen LogP contribution in [0, 0.1) is 5.92 Å². The second-order valence-electron chi connectivity index (χ2n) is 9.46. The standard InChI is InChI=1S/C25H31N3O3/c29-24(26-20-10-5-11-20)19-9-4-8-18(14-19)23(17-6-2-1-3-7-17)27-25(30)21-15-22(31-28-21)16-12-13-16/h4,8-9,14-17,20,23H,1-3,5-7,10-13H2,(H,26,29)(H,27,30). The fraction of sp³-hybridized carbons (Fsp3) is 0.560. The summed E-state index contributed by atoms with van der Waals surface area (Å²) >= 11 is 0. The summed E-state index contributed by atoms with van der Waals surface area (Å²) in [4.78, 5) is 25.7. The lowest BCUT2D eigenvalue weighted by Crippen LogP contribution is -2.39. The molecule has 164 valence electrons. The van der Waals surface area contributed by atoms with Crippen molar-refractivity contribution in [2.75, 3.05) is 0 Å². The van der Waals surface area contributed by atoms with Gasteiger partial charge in [-0.25, -0.2) is 0 Å². The smallest absolute Gasteiger partial charge is 0.273 e. The zero-order valence-corrected chi connectivity index (χ0v) is 17.9. The maximum atomic E-state index is 13.0. The van der Waals surface area contributed by atoms with Gasteiger partial charge in [0, 0.05) is 23.6 Å². The van der Waals surface area contributed by atoms with Crippen LogP contribution in [0.15, 0.2) is 34.9 Å². The summed E-state index contributed by atoms with van der Waals surface area (Å²) in [7, 11) is 0. The first-order valence-corrected chi connectivity index (χ1v) is 11.9. The van der Waals surface area contributed by atoms with Crippen LogP contribution < -0.4 is 10.6 Å². The Morgan fingerprint density at radius 3 is 2.45 bits per heavy atom. The first-order chi connectivity index (χ1) is 15.2. The molecule has 0 bridgehead atoms. The molecule has 1 heterocycles. The van der Waals surface area contributed by atoms with Crippen molar-refractivity contribution in [3.8, 4) is 0 Å². The third kappa shape index (κ3) is 4.68. The molecule has 1 unspecified atom stereocenters. The third-order valence-corrected chi connectivity index (χ3v) is 7.10. The van der Waals surface area contributed by atoms with Crippen LogP contribution in [0.3, 0.4) is 0 Å². The van der Waals surface area contributed by atoms with Crippen molar-refractivity contribution in [1.29, 1.82) is 0 Å². The molecule has 2 N–H and O–H groups in total. The van der Waals surface area contributed by atoms with Crippen LogP contribution in [0.2, 0.25) is 0 Å². The lowest BCUT2D eigenvalue weighted by Gasteiger charge is -2.31. The molecule has 5 rings (SSSR count). The van der Waals surface area contributed by atoms with E-state index in [9.17, 15) is 9.59 Å². The Balaban J connectivity index is 1.35. The highest BCUT2D eigenvalue weighted by Crippen LogP contribution is 2.40. The van der Waals surface area contributed by atoms with Crippen LogP contribution in [-0.4, -0.2) is 23.0 Å². The maximum absolute atomic E-state index is 13.0. The Labute approximate surface area is 183 Å². The molecule has 0 radical (unpaired) electrons. The molecule has 3 saturated carbocycles. The molecule has 0 saturated heterocycles. The minimum atomic E-state index is -0.199. The minimum absolute atomic E-state index is 0.0224. The van der Waals surface area contributed by atoms with Crippen LogP contribution in [0.25, 0.3) is 0 Å². The Bertz CT molecular complexity index is 939. The Morgan fingerprint density at radius 1 is 0.935 bits per heavy atom. The van der Waals surface area contributed by atoms with Gasteiger partial charge < -0.3 is 15.2 Å². The first-order valence-electron chi connectivity index (χ1n) is 11.9. The van der Waals surface area contributed by atoms with E-state index in [0.717, 1.165) is 49.8 Å². The first kappa shape index (κ1) is 20.3. The Hall–Kier alpha value is -2.63. The van der Waals surface area contributed by atoms with Gasteiger partial charge in [0.2, 0.25) is 0 Å². The molecule has 6 nitrogen and oxygen atoms in total. The van der Waals surface area contributed by atoms with E-state index in [4.69, 9.17) is 4.52 Å². The van der Waals surface area contributed by atoms with E-state index in [-0.39, 0.29) is 17.9 Å². The van der Waals surface area contributed by atoms with Gasteiger partial charge in [0.25, 0.3) is 11.8 Å². The van der Waals surface area contributed by atoms with Crippen LogP contribution in [0.1, 0.15) is 108 Å². The second kappa shape index (κ2) is 8.85. The summed E-state index contributed by atoms with van der Waals surface area (Å²) in [5.41, 5.74) is 2.01. The molecular weight excluding hydrogens is 390 g/mol. The number of benzene rings is 1. The number of amides is 2. The molecule has 1 aromatic carbocycles. The molecule has 31 heavy (non-hydrogen) atoms. The number of carbonyl (C=O) groups excluding carboxylic acids is 2. The molecule has 1 atom stereocenters. The van der Waals surface area contributed by atoms with Gasteiger partial charge in [0.15, 0.2) is 5.69 Å². The third-order valence-electron chi connectivity index (χ3n) is 7.10. The quantitative estimate of drug-likeness (QED) is 0.667. The van der Waals surface area contributed by atoms with Gasteiger partial charge in [-0.1, -0.05) is 36.6 Å². The molecule has 0 aliphatic heterocycles. The molecule has 1 aromatic heterocycles. The maximum Gasteiger partial charge on any atom is 0.273 e. The topological polar surface area (TPSA) is 84.2 Å². The predicted molar refractivity (Wildman–Crippen MR) is 117 cm³/mol. The number of aromatic nitrogens is 1. The molecule has 3 aliphatic rings. The highest BCUT2D eigenvalue weighted by molar-refractivity contribution is 5.95. The lowest BCUT2D eigenvalue weighted by atomic mass is 9.80. The largest absolute Gasteiger partial charge is 0.360 e. The van der Waals surface area contributed by atoms with Gasteiger partial charge >= 0.3 is 0 Å². The molecule has 2 amide bonds. The molecular formula is C25H31N3O3. The zero-order valence-electron chi connectivity index (χ0n) is 17.9. The highest BCUT2D eigenvalue weighted by atomic mass is 16.5. The number of nitrogens with zero attached hydrogens (tertiary/aromatic N) is 1. The van der Waals surface area contributed by atoms with Crippen LogP contribution in [0.4, 0.5) is 0 Å². The van der Waals surface area contributed by atoms with Gasteiger partial charge in [-0.3, -0.25) is 9.59 Å². The number of nitrogens with one attached hydrogen (secondary N) is 2. The van der Waals surface area contributed by atoms with Crippen molar-refractivity contribution in [1.82, 2.24) is 15.8 Å². The van der Waals surface area contributed by atoms with Crippen molar-refractivity contribution >= 4 is 11.8 Å². The highest BCUT2D eigenvalue weighted by Gasteiger charge is 2.31. The van der Waals surface area contributed by atoms with E-state index in [1.807, 2.05) is 24.3 Å². The summed E-state index contributed by atoms with van der Waals surface area (Å²) in [6.07, 6.45) is 11.3. The van der Waals surface area contributed by atoms with E-state index < -0.39 is 0 Å². The Kier molecular flexibility index (Phi) is 5.79. The van der Waals surface area contributed by atoms with E-state index in [2.05, 4.69) is 15.8 Å². The fourth-order valence-electron chi connectivity index (χ4n) is 4.81. The fourth-order valence-corrected chi connectivity index (χ4v) is 4.81. The average Bonchev–Trinajstić information content (AvgIpc) is 3.51. The monoisotopic (exact) mass is 421 g/mol. The molecule has 3 fully saturated rings. The molecule has 2 aromatic rings. The molecule has 0 spiro atoms. The normalized spacial score (nSPS) is 20.6. The lowest BCUT2D eigenvalue weighted by molar-refractivity contribution is 0.0902. The Morgan fingerprint density at radius 2 is 1.74 bits per heavy atom. The van der Waals surface area contributed by atoms with Gasteiger partial charge in [0.1, 0.15) is 5.76 Å². The summed E-state index contributed by atoms with van der Waals surface area (Å²) < 4.78 is 5.38. The summed E-state index contributed by atoms with van der Waals surface area (Å²) in [6.45, 7) is 0. The van der Waals surface area contributed by atoms with Gasteiger partial charge in [-0.05, 0) is 68.6 Å². The summed E-state index contributed by atoms with van der Waals surface area (Å²) in [6, 6.07) is 9.71. The van der Waals surface area contributed by atoms with Crippen molar-refractivity contribution in [2.45, 2.75) is 82.2 Å². The van der Waals surface area contributed by atoms with E-state index >= 15 is 0 Å². The SMILES string of the molecule is O=C(NC1CCC1)c1cccc(C(NC(=O)c2cc(C3CC3)on2)C2CCCCC2)c1. The van der Waals surface area contributed by atoms with Crippen LogP contribution in [0.5, 0.6) is 0 Å². The van der Waals surface area contributed by atoms with Gasteiger partial charge in [0.05, 0.1) is 6.04 Å². The van der Waals surface area contributed by atoms with Crippen molar-refractivity contribution in [3.05, 3.63) is 52.9 Å². The number of carbonyl (C=O) groups is 2. The van der Waals surface area contributed by atoms with Crippen LogP contribution >= 0.6 is 0 Å². The van der Waals surface area contributed by atoms with Crippen molar-refractivity contribution in [3.63, 3.8) is 0 Å². The molecule has 6 heteroatoms. The van der Waals surface area contributed by atoms with E-state index in [0.29, 0.717) is 29.1 Å². The van der Waals surface area contributed by atoms with Crippen molar-refractivity contribution in [2.24, 2.45) is 5.92 Å². The van der Waals surface area contributed by atoms with Gasteiger partial charge in [-0.15, -0.1) is 0 Å². The number of rotatable bonds is 7. The predicted octanol–water partition coefficient (Wildman–Crippen LogP) is 4.89. The van der Waals surface area contributed by atoms with E-state index in [1.54, 1.807) is 6.07 Å². The number of hydrogen-bond acceptors (Lipinski definition) is 4. The van der Waals surface area contributed by atoms with E-state index in [1.165, 1.54) is 25.7 Å². The zero-order chi connectivity index (χ0) is 21.2. The molecule has 3 aliphatic carbocycles. The summed E-state index contributed by atoms with van der Waals surface area (Å²) in [5, 5.41) is 10.4. The van der Waals surface area contributed by atoms with Crippen LogP contribution in [-0.2, 0) is 0 Å².